The van der Waals surface area contributed by atoms with Gasteiger partial charge in [0.05, 0.1) is 12.0 Å². The number of hydrazone groups is 1. The van der Waals surface area contributed by atoms with Crippen molar-refractivity contribution in [3.8, 4) is 22.9 Å². The molecule has 3 aromatic rings. The van der Waals surface area contributed by atoms with E-state index in [9.17, 15) is 15.0 Å². The predicted octanol–water partition coefficient (Wildman–Crippen LogP) is 2.93. The number of hydrogen-bond donors (Lipinski definition) is 3. The molecule has 29 heavy (non-hydrogen) atoms. The number of phenolic OH excluding ortho intramolecular Hbond substituents is 2. The second-order valence-corrected chi connectivity index (χ2v) is 7.18. The van der Waals surface area contributed by atoms with Crippen molar-refractivity contribution in [3.63, 3.8) is 0 Å². The van der Waals surface area contributed by atoms with Gasteiger partial charge in [0.25, 0.3) is 5.91 Å². The van der Waals surface area contributed by atoms with Crippen LogP contribution in [0.3, 0.4) is 0 Å². The molecule has 1 amide bonds. The van der Waals surface area contributed by atoms with Crippen molar-refractivity contribution >= 4 is 23.9 Å². The van der Waals surface area contributed by atoms with E-state index in [2.05, 4.69) is 20.7 Å². The Labute approximate surface area is 172 Å². The molecular weight excluding hydrogens is 390 g/mol. The minimum Gasteiger partial charge on any atom is -0.508 e. The van der Waals surface area contributed by atoms with Gasteiger partial charge in [-0.15, -0.1) is 10.2 Å². The van der Waals surface area contributed by atoms with Gasteiger partial charge in [-0.3, -0.25) is 4.79 Å². The molecule has 0 aliphatic carbocycles. The van der Waals surface area contributed by atoms with Gasteiger partial charge in [-0.2, -0.15) is 5.10 Å². The van der Waals surface area contributed by atoms with Crippen LogP contribution in [0.25, 0.3) is 11.4 Å². The molecule has 0 spiro atoms. The van der Waals surface area contributed by atoms with Crippen LogP contribution in [0.4, 0.5) is 0 Å². The maximum Gasteiger partial charge on any atom is 0.250 e. The van der Waals surface area contributed by atoms with Crippen LogP contribution in [-0.4, -0.2) is 42.9 Å². The molecule has 2 aromatic carbocycles. The van der Waals surface area contributed by atoms with Crippen molar-refractivity contribution in [2.75, 3.05) is 5.75 Å². The van der Waals surface area contributed by atoms with Crippen molar-refractivity contribution in [1.82, 2.24) is 20.2 Å². The van der Waals surface area contributed by atoms with E-state index in [1.165, 1.54) is 41.7 Å². The zero-order valence-electron chi connectivity index (χ0n) is 16.0. The summed E-state index contributed by atoms with van der Waals surface area (Å²) < 4.78 is 1.96. The zero-order valence-corrected chi connectivity index (χ0v) is 16.8. The van der Waals surface area contributed by atoms with Crippen molar-refractivity contribution in [2.24, 2.45) is 5.10 Å². The molecule has 150 valence electrons. The summed E-state index contributed by atoms with van der Waals surface area (Å²) in [5.41, 5.74) is 4.92. The minimum atomic E-state index is -0.313. The molecule has 0 fully saturated rings. The highest BCUT2D eigenvalue weighted by Crippen LogP contribution is 2.24. The Morgan fingerprint density at radius 2 is 1.97 bits per heavy atom. The first-order valence-electron chi connectivity index (χ1n) is 8.95. The third kappa shape index (κ3) is 5.14. The summed E-state index contributed by atoms with van der Waals surface area (Å²) in [5, 5.41) is 31.9. The first-order chi connectivity index (χ1) is 14.0. The van der Waals surface area contributed by atoms with Crippen molar-refractivity contribution in [1.29, 1.82) is 0 Å². The van der Waals surface area contributed by atoms with E-state index in [1.54, 1.807) is 0 Å². The lowest BCUT2D eigenvalue weighted by Gasteiger charge is -2.07. The monoisotopic (exact) mass is 411 g/mol. The Morgan fingerprint density at radius 3 is 2.66 bits per heavy atom. The van der Waals surface area contributed by atoms with E-state index in [4.69, 9.17) is 0 Å². The van der Waals surface area contributed by atoms with Crippen molar-refractivity contribution < 1.29 is 15.0 Å². The largest absolute Gasteiger partial charge is 0.508 e. The molecule has 0 bridgehead atoms. The normalized spacial score (nSPS) is 11.1. The van der Waals surface area contributed by atoms with E-state index in [0.29, 0.717) is 17.3 Å². The number of hydrogen-bond acceptors (Lipinski definition) is 7. The quantitative estimate of drug-likeness (QED) is 0.313. The Morgan fingerprint density at radius 1 is 1.21 bits per heavy atom. The molecule has 0 saturated heterocycles. The Bertz CT molecular complexity index is 1030. The van der Waals surface area contributed by atoms with E-state index in [-0.39, 0.29) is 23.2 Å². The van der Waals surface area contributed by atoms with Crippen molar-refractivity contribution in [3.05, 3.63) is 53.6 Å². The molecule has 3 N–H and O–H groups in total. The first-order valence-corrected chi connectivity index (χ1v) is 9.93. The number of nitrogens with zero attached hydrogens (tertiary/aromatic N) is 4. The summed E-state index contributed by atoms with van der Waals surface area (Å²) in [6, 6.07) is 12.2. The summed E-state index contributed by atoms with van der Waals surface area (Å²) >= 11 is 1.27. The van der Waals surface area contributed by atoms with Crippen LogP contribution in [0.1, 0.15) is 18.1 Å². The second-order valence-electron chi connectivity index (χ2n) is 6.24. The van der Waals surface area contributed by atoms with Gasteiger partial charge in [0, 0.05) is 23.7 Å². The molecule has 0 atom stereocenters. The van der Waals surface area contributed by atoms with E-state index >= 15 is 0 Å². The number of carbonyl (C=O) groups is 1. The molecule has 0 aliphatic rings. The Balaban J connectivity index is 1.60. The molecular formula is C20H21N5O3S. The summed E-state index contributed by atoms with van der Waals surface area (Å²) in [7, 11) is 0. The number of nitrogens with one attached hydrogen (secondary N) is 1. The number of carbonyl (C=O) groups excluding carboxylic acids is 1. The lowest BCUT2D eigenvalue weighted by Crippen LogP contribution is -2.20. The molecule has 3 rings (SSSR count). The summed E-state index contributed by atoms with van der Waals surface area (Å²) in [5.74, 6) is 0.385. The van der Waals surface area contributed by atoms with Crippen LogP contribution in [0.2, 0.25) is 0 Å². The van der Waals surface area contributed by atoms with Crippen LogP contribution < -0.4 is 5.43 Å². The second kappa shape index (κ2) is 9.24. The van der Waals surface area contributed by atoms with Gasteiger partial charge in [0.2, 0.25) is 0 Å². The smallest absolute Gasteiger partial charge is 0.250 e. The topological polar surface area (TPSA) is 113 Å². The molecule has 0 aliphatic heterocycles. The Hall–Kier alpha value is -3.33. The first kappa shape index (κ1) is 20.4. The highest BCUT2D eigenvalue weighted by molar-refractivity contribution is 7.99. The predicted molar refractivity (Wildman–Crippen MR) is 112 cm³/mol. The fourth-order valence-electron chi connectivity index (χ4n) is 2.57. The summed E-state index contributed by atoms with van der Waals surface area (Å²) in [4.78, 5) is 12.1. The van der Waals surface area contributed by atoms with Gasteiger partial charge in [-0.25, -0.2) is 5.43 Å². The molecule has 1 heterocycles. The van der Waals surface area contributed by atoms with Crippen LogP contribution in [-0.2, 0) is 11.3 Å². The Kier molecular flexibility index (Phi) is 6.50. The van der Waals surface area contributed by atoms with E-state index in [1.807, 2.05) is 42.7 Å². The molecule has 8 nitrogen and oxygen atoms in total. The number of phenols is 2. The molecule has 1 aromatic heterocycles. The number of aryl methyl sites for hydroxylation is 1. The standard InChI is InChI=1S/C20H21N5O3S/c1-3-25-19(14-6-4-13(2)5-7-14)23-24-20(25)29-12-18(28)22-21-11-15-8-9-16(26)10-17(15)27/h4-11,26-27H,3,12H2,1-2H3,(H,22,28)/b21-11+. The average Bonchev–Trinajstić information content (AvgIpc) is 3.11. The van der Waals surface area contributed by atoms with E-state index in [0.717, 1.165) is 11.4 Å². The zero-order chi connectivity index (χ0) is 20.8. The van der Waals surface area contributed by atoms with Gasteiger partial charge in [-0.05, 0) is 26.0 Å². The molecule has 0 radical (unpaired) electrons. The fourth-order valence-corrected chi connectivity index (χ4v) is 3.37. The number of benzene rings is 2. The SMILES string of the molecule is CCn1c(SCC(=O)N/N=C/c2ccc(O)cc2O)nnc1-c1ccc(C)cc1. The number of rotatable bonds is 7. The van der Waals surface area contributed by atoms with Crippen molar-refractivity contribution in [2.45, 2.75) is 25.5 Å². The molecule has 9 heteroatoms. The highest BCUT2D eigenvalue weighted by Gasteiger charge is 2.14. The lowest BCUT2D eigenvalue weighted by molar-refractivity contribution is -0.118. The fraction of sp³-hybridized carbons (Fsp3) is 0.200. The van der Waals surface area contributed by atoms with Crippen LogP contribution in [0.5, 0.6) is 11.5 Å². The maximum atomic E-state index is 12.1. The maximum absolute atomic E-state index is 12.1. The lowest BCUT2D eigenvalue weighted by atomic mass is 10.1. The summed E-state index contributed by atoms with van der Waals surface area (Å²) in [6.45, 7) is 4.71. The number of aromatic nitrogens is 3. The van der Waals surface area contributed by atoms with Gasteiger partial charge in [0.15, 0.2) is 11.0 Å². The number of thioether (sulfide) groups is 1. The summed E-state index contributed by atoms with van der Waals surface area (Å²) in [6.07, 6.45) is 1.31. The third-order valence-corrected chi connectivity index (χ3v) is 5.05. The van der Waals surface area contributed by atoms with E-state index < -0.39 is 0 Å². The van der Waals surface area contributed by atoms with Gasteiger partial charge in [-0.1, -0.05) is 41.6 Å². The van der Waals surface area contributed by atoms with Gasteiger partial charge < -0.3 is 14.8 Å². The number of aromatic hydroxyl groups is 2. The molecule has 0 saturated carbocycles. The van der Waals surface area contributed by atoms with Gasteiger partial charge >= 0.3 is 0 Å². The van der Waals surface area contributed by atoms with Crippen LogP contribution in [0, 0.1) is 6.92 Å². The molecule has 0 unspecified atom stereocenters. The third-order valence-electron chi connectivity index (χ3n) is 4.08. The van der Waals surface area contributed by atoms with Gasteiger partial charge in [0.1, 0.15) is 11.5 Å². The van der Waals surface area contributed by atoms with Crippen LogP contribution >= 0.6 is 11.8 Å². The number of amides is 1. The van der Waals surface area contributed by atoms with Crippen LogP contribution in [0.15, 0.2) is 52.7 Å². The highest BCUT2D eigenvalue weighted by atomic mass is 32.2. The minimum absolute atomic E-state index is 0.0508. The average molecular weight is 411 g/mol.